The van der Waals surface area contributed by atoms with Crippen molar-refractivity contribution in [3.63, 3.8) is 0 Å². The van der Waals surface area contributed by atoms with Crippen molar-refractivity contribution >= 4 is 5.91 Å². The topological polar surface area (TPSA) is 38.3 Å². The third-order valence-electron chi connectivity index (χ3n) is 3.89. The van der Waals surface area contributed by atoms with Crippen molar-refractivity contribution in [3.8, 4) is 5.75 Å². The highest BCUT2D eigenvalue weighted by Gasteiger charge is 2.22. The van der Waals surface area contributed by atoms with Crippen molar-refractivity contribution in [2.45, 2.75) is 12.5 Å². The van der Waals surface area contributed by atoms with Crippen molar-refractivity contribution in [3.05, 3.63) is 102 Å². The van der Waals surface area contributed by atoms with Crippen LogP contribution in [0, 0.1) is 0 Å². The van der Waals surface area contributed by atoms with Crippen molar-refractivity contribution in [1.29, 1.82) is 0 Å². The van der Waals surface area contributed by atoms with Gasteiger partial charge in [-0.3, -0.25) is 4.79 Å². The molecule has 3 heteroatoms. The zero-order valence-electron chi connectivity index (χ0n) is 14.0. The van der Waals surface area contributed by atoms with Crippen LogP contribution in [0.2, 0.25) is 0 Å². The molecule has 126 valence electrons. The van der Waals surface area contributed by atoms with Gasteiger partial charge in [0.1, 0.15) is 5.75 Å². The molecule has 0 aliphatic heterocycles. The summed E-state index contributed by atoms with van der Waals surface area (Å²) >= 11 is 0. The number of rotatable bonds is 7. The number of hydrogen-bond acceptors (Lipinski definition) is 2. The normalized spacial score (nSPS) is 11.5. The first kappa shape index (κ1) is 16.8. The van der Waals surface area contributed by atoms with E-state index in [0.29, 0.717) is 12.3 Å². The van der Waals surface area contributed by atoms with E-state index < -0.39 is 6.10 Å². The SMILES string of the molecule is O=C(NCCc1ccccc1)C(Oc1ccccc1)c1ccccc1. The third kappa shape index (κ3) is 4.95. The minimum atomic E-state index is -0.667. The highest BCUT2D eigenvalue weighted by Crippen LogP contribution is 2.22. The van der Waals surface area contributed by atoms with E-state index in [9.17, 15) is 4.79 Å². The van der Waals surface area contributed by atoms with Gasteiger partial charge in [-0.15, -0.1) is 0 Å². The fraction of sp³-hybridized carbons (Fsp3) is 0.136. The van der Waals surface area contributed by atoms with Gasteiger partial charge in [-0.05, 0) is 24.1 Å². The average molecular weight is 331 g/mol. The summed E-state index contributed by atoms with van der Waals surface area (Å²) in [5.41, 5.74) is 2.03. The van der Waals surface area contributed by atoms with Gasteiger partial charge < -0.3 is 10.1 Å². The molecule has 3 rings (SSSR count). The molecule has 3 nitrogen and oxygen atoms in total. The fourth-order valence-corrected chi connectivity index (χ4v) is 2.60. The Hall–Kier alpha value is -3.07. The Morgan fingerprint density at radius 1 is 0.800 bits per heavy atom. The molecule has 1 amide bonds. The second-order valence-corrected chi connectivity index (χ2v) is 5.75. The van der Waals surface area contributed by atoms with E-state index >= 15 is 0 Å². The number of ether oxygens (including phenoxy) is 1. The first-order valence-corrected chi connectivity index (χ1v) is 8.41. The van der Waals surface area contributed by atoms with E-state index in [0.717, 1.165) is 12.0 Å². The molecular formula is C22H21NO2. The van der Waals surface area contributed by atoms with Gasteiger partial charge in [0.05, 0.1) is 0 Å². The van der Waals surface area contributed by atoms with Crippen molar-refractivity contribution in [1.82, 2.24) is 5.32 Å². The first-order chi connectivity index (χ1) is 12.3. The van der Waals surface area contributed by atoms with Gasteiger partial charge in [-0.2, -0.15) is 0 Å². The minimum absolute atomic E-state index is 0.133. The maximum atomic E-state index is 12.7. The Balaban J connectivity index is 1.67. The quantitative estimate of drug-likeness (QED) is 0.706. The second-order valence-electron chi connectivity index (χ2n) is 5.75. The van der Waals surface area contributed by atoms with Gasteiger partial charge >= 0.3 is 0 Å². The zero-order chi connectivity index (χ0) is 17.3. The fourth-order valence-electron chi connectivity index (χ4n) is 2.60. The maximum absolute atomic E-state index is 12.7. The Morgan fingerprint density at radius 2 is 1.36 bits per heavy atom. The van der Waals surface area contributed by atoms with E-state index in [-0.39, 0.29) is 5.91 Å². The van der Waals surface area contributed by atoms with Crippen molar-refractivity contribution in [2.24, 2.45) is 0 Å². The average Bonchev–Trinajstić information content (AvgIpc) is 2.68. The number of amides is 1. The Bertz CT molecular complexity index is 773. The highest BCUT2D eigenvalue weighted by molar-refractivity contribution is 5.82. The number of hydrogen-bond donors (Lipinski definition) is 1. The summed E-state index contributed by atoms with van der Waals surface area (Å²) in [6.45, 7) is 0.574. The summed E-state index contributed by atoms with van der Waals surface area (Å²) in [4.78, 5) is 12.7. The molecule has 1 atom stereocenters. The molecule has 0 aliphatic carbocycles. The molecule has 0 radical (unpaired) electrons. The maximum Gasteiger partial charge on any atom is 0.265 e. The second kappa shape index (κ2) is 8.69. The van der Waals surface area contributed by atoms with Crippen LogP contribution in [0.5, 0.6) is 5.75 Å². The Labute approximate surface area is 148 Å². The van der Waals surface area contributed by atoms with Crippen LogP contribution in [0.15, 0.2) is 91.0 Å². The highest BCUT2D eigenvalue weighted by atomic mass is 16.5. The molecule has 0 heterocycles. The Kier molecular flexibility index (Phi) is 5.83. The first-order valence-electron chi connectivity index (χ1n) is 8.41. The van der Waals surface area contributed by atoms with Crippen LogP contribution < -0.4 is 10.1 Å². The van der Waals surface area contributed by atoms with Gasteiger partial charge in [0.25, 0.3) is 5.91 Å². The molecule has 0 spiro atoms. The summed E-state index contributed by atoms with van der Waals surface area (Å²) in [5.74, 6) is 0.542. The minimum Gasteiger partial charge on any atom is -0.476 e. The van der Waals surface area contributed by atoms with Gasteiger partial charge in [0.15, 0.2) is 0 Å². The summed E-state index contributed by atoms with van der Waals surface area (Å²) in [6.07, 6.45) is 0.124. The molecule has 0 saturated carbocycles. The molecule has 0 saturated heterocycles. The smallest absolute Gasteiger partial charge is 0.265 e. The number of carbonyl (C=O) groups excluding carboxylic acids is 1. The standard InChI is InChI=1S/C22H21NO2/c24-22(23-17-16-18-10-4-1-5-11-18)21(19-12-6-2-7-13-19)25-20-14-8-3-9-15-20/h1-15,21H,16-17H2,(H,23,24). The molecule has 0 fully saturated rings. The van der Waals surface area contributed by atoms with Crippen molar-refractivity contribution in [2.75, 3.05) is 6.54 Å². The van der Waals surface area contributed by atoms with Gasteiger partial charge in [-0.25, -0.2) is 0 Å². The van der Waals surface area contributed by atoms with Gasteiger partial charge in [0, 0.05) is 12.1 Å². The predicted octanol–water partition coefficient (Wildman–Crippen LogP) is 4.17. The number of nitrogens with one attached hydrogen (secondary N) is 1. The van der Waals surface area contributed by atoms with Crippen LogP contribution in [0.3, 0.4) is 0 Å². The zero-order valence-corrected chi connectivity index (χ0v) is 14.0. The molecule has 0 aliphatic rings. The van der Waals surface area contributed by atoms with Gasteiger partial charge in [-0.1, -0.05) is 78.9 Å². The lowest BCUT2D eigenvalue weighted by Gasteiger charge is -2.19. The molecule has 25 heavy (non-hydrogen) atoms. The third-order valence-corrected chi connectivity index (χ3v) is 3.89. The Morgan fingerprint density at radius 3 is 2.00 bits per heavy atom. The predicted molar refractivity (Wildman–Crippen MR) is 99.4 cm³/mol. The van der Waals surface area contributed by atoms with E-state index in [1.165, 1.54) is 5.56 Å². The summed E-state index contributed by atoms with van der Waals surface area (Å²) in [6, 6.07) is 29.1. The van der Waals surface area contributed by atoms with Crippen molar-refractivity contribution < 1.29 is 9.53 Å². The molecule has 1 N–H and O–H groups in total. The lowest BCUT2D eigenvalue weighted by Crippen LogP contribution is -2.33. The lowest BCUT2D eigenvalue weighted by atomic mass is 10.1. The van der Waals surface area contributed by atoms with Crippen LogP contribution >= 0.6 is 0 Å². The molecule has 0 aromatic heterocycles. The van der Waals surface area contributed by atoms with Crippen LogP contribution in [0.1, 0.15) is 17.2 Å². The van der Waals surface area contributed by atoms with E-state index in [1.807, 2.05) is 78.9 Å². The van der Waals surface area contributed by atoms with Crippen LogP contribution in [0.4, 0.5) is 0 Å². The lowest BCUT2D eigenvalue weighted by molar-refractivity contribution is -0.128. The number of para-hydroxylation sites is 1. The molecule has 3 aromatic carbocycles. The monoisotopic (exact) mass is 331 g/mol. The van der Waals surface area contributed by atoms with Gasteiger partial charge in [0.2, 0.25) is 6.10 Å². The molecular weight excluding hydrogens is 310 g/mol. The van der Waals surface area contributed by atoms with Crippen LogP contribution in [-0.2, 0) is 11.2 Å². The molecule has 1 unspecified atom stereocenters. The summed E-state index contributed by atoms with van der Waals surface area (Å²) in [5, 5.41) is 2.99. The molecule has 3 aromatic rings. The van der Waals surface area contributed by atoms with E-state index in [4.69, 9.17) is 4.74 Å². The molecule has 0 bridgehead atoms. The summed E-state index contributed by atoms with van der Waals surface area (Å²) in [7, 11) is 0. The largest absolute Gasteiger partial charge is 0.476 e. The summed E-state index contributed by atoms with van der Waals surface area (Å²) < 4.78 is 5.95. The number of carbonyl (C=O) groups is 1. The van der Waals surface area contributed by atoms with E-state index in [2.05, 4.69) is 17.4 Å². The van der Waals surface area contributed by atoms with Crippen LogP contribution in [0.25, 0.3) is 0 Å². The van der Waals surface area contributed by atoms with E-state index in [1.54, 1.807) is 0 Å². The number of benzene rings is 3. The van der Waals surface area contributed by atoms with Crippen LogP contribution in [-0.4, -0.2) is 12.5 Å².